The maximum Gasteiger partial charge on any atom is 0.104 e. The van der Waals surface area contributed by atoms with Crippen molar-refractivity contribution in [1.29, 1.82) is 5.26 Å². The summed E-state index contributed by atoms with van der Waals surface area (Å²) in [7, 11) is 0. The lowest BCUT2D eigenvalue weighted by atomic mass is 10.5. The van der Waals surface area contributed by atoms with Crippen LogP contribution in [-0.4, -0.2) is 25.9 Å². The van der Waals surface area contributed by atoms with E-state index in [1.807, 2.05) is 6.07 Å². The van der Waals surface area contributed by atoms with E-state index in [0.717, 1.165) is 6.61 Å². The molecule has 0 spiro atoms. The van der Waals surface area contributed by atoms with Crippen molar-refractivity contribution in [2.24, 2.45) is 0 Å². The minimum absolute atomic E-state index is 0.323. The zero-order valence-electron chi connectivity index (χ0n) is 5.17. The van der Waals surface area contributed by atoms with Gasteiger partial charge in [0.25, 0.3) is 0 Å². The monoisotopic (exact) mass is 127 g/mol. The van der Waals surface area contributed by atoms with Crippen LogP contribution in [0.4, 0.5) is 0 Å². The van der Waals surface area contributed by atoms with Gasteiger partial charge in [0.05, 0.1) is 32.3 Å². The number of hydrogen-bond donors (Lipinski definition) is 0. The third kappa shape index (κ3) is 3.07. The smallest absolute Gasteiger partial charge is 0.104 e. The van der Waals surface area contributed by atoms with Crippen molar-refractivity contribution in [2.75, 3.05) is 19.8 Å². The van der Waals surface area contributed by atoms with Crippen LogP contribution >= 0.6 is 0 Å². The van der Waals surface area contributed by atoms with Gasteiger partial charge in [-0.2, -0.15) is 5.26 Å². The zero-order valence-corrected chi connectivity index (χ0v) is 5.17. The first kappa shape index (κ1) is 6.53. The highest BCUT2D eigenvalue weighted by molar-refractivity contribution is 4.70. The van der Waals surface area contributed by atoms with Gasteiger partial charge < -0.3 is 9.47 Å². The van der Waals surface area contributed by atoms with E-state index in [1.165, 1.54) is 0 Å². The Hall–Kier alpha value is -0.590. The van der Waals surface area contributed by atoms with E-state index in [9.17, 15) is 0 Å². The lowest BCUT2D eigenvalue weighted by Gasteiger charge is -1.94. The highest BCUT2D eigenvalue weighted by atomic mass is 16.6. The average molecular weight is 127 g/mol. The van der Waals surface area contributed by atoms with Crippen molar-refractivity contribution in [3.63, 3.8) is 0 Å². The van der Waals surface area contributed by atoms with Crippen LogP contribution in [0.15, 0.2) is 0 Å². The first-order valence-corrected chi connectivity index (χ1v) is 3.00. The molecule has 1 atom stereocenters. The van der Waals surface area contributed by atoms with Gasteiger partial charge in [0, 0.05) is 0 Å². The van der Waals surface area contributed by atoms with Crippen LogP contribution in [0.25, 0.3) is 0 Å². The fourth-order valence-electron chi connectivity index (χ4n) is 0.497. The first-order valence-electron chi connectivity index (χ1n) is 3.00. The molecule has 1 unspecified atom stereocenters. The second kappa shape index (κ2) is 3.44. The maximum absolute atomic E-state index is 8.09. The molecule has 1 heterocycles. The van der Waals surface area contributed by atoms with Gasteiger partial charge in [-0.25, -0.2) is 0 Å². The molecule has 0 radical (unpaired) electrons. The van der Waals surface area contributed by atoms with E-state index >= 15 is 0 Å². The fourth-order valence-corrected chi connectivity index (χ4v) is 0.497. The predicted octanol–water partition coefficient (Wildman–Crippen LogP) is 0.315. The fraction of sp³-hybridized carbons (Fsp3) is 0.833. The molecule has 50 valence electrons. The summed E-state index contributed by atoms with van der Waals surface area (Å²) in [6.07, 6.45) is 0.802. The molecule has 0 saturated carbocycles. The van der Waals surface area contributed by atoms with Crippen LogP contribution < -0.4 is 0 Å². The Balaban J connectivity index is 1.77. The Morgan fingerprint density at radius 3 is 3.11 bits per heavy atom. The lowest BCUT2D eigenvalue weighted by Crippen LogP contribution is -2.01. The summed E-state index contributed by atoms with van der Waals surface area (Å²) in [5.41, 5.74) is 0. The molecule has 3 nitrogen and oxygen atoms in total. The molecule has 0 aliphatic carbocycles. The number of epoxide rings is 1. The summed E-state index contributed by atoms with van der Waals surface area (Å²) in [6.45, 7) is 2.02. The van der Waals surface area contributed by atoms with Crippen molar-refractivity contribution < 1.29 is 9.47 Å². The SMILES string of the molecule is N#CCCOCC1CO1. The number of ether oxygens (including phenoxy) is 2. The standard InChI is InChI=1S/C6H9NO2/c7-2-1-3-8-4-6-5-9-6/h6H,1,3-5H2. The van der Waals surface area contributed by atoms with Crippen LogP contribution in [-0.2, 0) is 9.47 Å². The second-order valence-corrected chi connectivity index (χ2v) is 1.94. The number of hydrogen-bond acceptors (Lipinski definition) is 3. The number of nitriles is 1. The molecule has 1 aliphatic rings. The van der Waals surface area contributed by atoms with Gasteiger partial charge in [-0.15, -0.1) is 0 Å². The zero-order chi connectivity index (χ0) is 6.53. The van der Waals surface area contributed by atoms with Crippen molar-refractivity contribution >= 4 is 0 Å². The molecule has 1 saturated heterocycles. The Labute approximate surface area is 54.2 Å². The minimum atomic E-state index is 0.323. The Morgan fingerprint density at radius 2 is 2.56 bits per heavy atom. The second-order valence-electron chi connectivity index (χ2n) is 1.94. The molecular weight excluding hydrogens is 118 g/mol. The maximum atomic E-state index is 8.09. The highest BCUT2D eigenvalue weighted by Gasteiger charge is 2.21. The third-order valence-electron chi connectivity index (χ3n) is 1.06. The van der Waals surface area contributed by atoms with E-state index < -0.39 is 0 Å². The summed E-state index contributed by atoms with van der Waals surface area (Å²) < 4.78 is 9.93. The van der Waals surface area contributed by atoms with Crippen molar-refractivity contribution in [3.05, 3.63) is 0 Å². The molecule has 1 rings (SSSR count). The molecule has 0 aromatic rings. The van der Waals surface area contributed by atoms with Crippen LogP contribution in [0.1, 0.15) is 6.42 Å². The molecule has 0 aromatic heterocycles. The number of rotatable bonds is 4. The molecule has 9 heavy (non-hydrogen) atoms. The first-order chi connectivity index (χ1) is 4.43. The molecule has 1 fully saturated rings. The van der Waals surface area contributed by atoms with Crippen LogP contribution in [0.5, 0.6) is 0 Å². The lowest BCUT2D eigenvalue weighted by molar-refractivity contribution is 0.121. The van der Waals surface area contributed by atoms with Crippen molar-refractivity contribution in [1.82, 2.24) is 0 Å². The summed E-state index contributed by atoms with van der Waals surface area (Å²) in [6, 6.07) is 2.00. The summed E-state index contributed by atoms with van der Waals surface area (Å²) in [5, 5.41) is 8.09. The minimum Gasteiger partial charge on any atom is -0.378 e. The normalized spacial score (nSPS) is 23.2. The van der Waals surface area contributed by atoms with Gasteiger partial charge in [-0.1, -0.05) is 0 Å². The van der Waals surface area contributed by atoms with E-state index in [2.05, 4.69) is 0 Å². The Morgan fingerprint density at radius 1 is 1.78 bits per heavy atom. The van der Waals surface area contributed by atoms with E-state index in [0.29, 0.717) is 25.7 Å². The van der Waals surface area contributed by atoms with E-state index in [1.54, 1.807) is 0 Å². The molecule has 3 heteroatoms. The molecule has 0 aromatic carbocycles. The molecule has 0 amide bonds. The molecule has 1 aliphatic heterocycles. The summed E-state index contributed by atoms with van der Waals surface area (Å²) >= 11 is 0. The van der Waals surface area contributed by atoms with Gasteiger partial charge in [-0.05, 0) is 0 Å². The number of nitrogens with zero attached hydrogens (tertiary/aromatic N) is 1. The third-order valence-corrected chi connectivity index (χ3v) is 1.06. The summed E-state index contributed by atoms with van der Waals surface area (Å²) in [5.74, 6) is 0. The summed E-state index contributed by atoms with van der Waals surface area (Å²) in [4.78, 5) is 0. The van der Waals surface area contributed by atoms with Gasteiger partial charge in [0.15, 0.2) is 0 Å². The van der Waals surface area contributed by atoms with Crippen LogP contribution in [0.2, 0.25) is 0 Å². The Bertz CT molecular complexity index is 115. The van der Waals surface area contributed by atoms with E-state index in [-0.39, 0.29) is 0 Å². The Kier molecular flexibility index (Phi) is 2.49. The van der Waals surface area contributed by atoms with Crippen molar-refractivity contribution in [3.8, 4) is 6.07 Å². The van der Waals surface area contributed by atoms with E-state index in [4.69, 9.17) is 14.7 Å². The average Bonchev–Trinajstić information content (AvgIpc) is 2.63. The van der Waals surface area contributed by atoms with Crippen molar-refractivity contribution in [2.45, 2.75) is 12.5 Å². The molecule has 0 N–H and O–H groups in total. The largest absolute Gasteiger partial charge is 0.378 e. The quantitative estimate of drug-likeness (QED) is 0.403. The molecule has 0 bridgehead atoms. The topological polar surface area (TPSA) is 45.5 Å². The predicted molar refractivity (Wildman–Crippen MR) is 30.8 cm³/mol. The van der Waals surface area contributed by atoms with Gasteiger partial charge in [0.1, 0.15) is 6.10 Å². The van der Waals surface area contributed by atoms with Crippen LogP contribution in [0, 0.1) is 11.3 Å². The van der Waals surface area contributed by atoms with Gasteiger partial charge >= 0.3 is 0 Å². The molecular formula is C6H9NO2. The van der Waals surface area contributed by atoms with Gasteiger partial charge in [0.2, 0.25) is 0 Å². The van der Waals surface area contributed by atoms with Gasteiger partial charge in [-0.3, -0.25) is 0 Å². The van der Waals surface area contributed by atoms with Crippen LogP contribution in [0.3, 0.4) is 0 Å². The highest BCUT2D eigenvalue weighted by Crippen LogP contribution is 2.08.